The molecule has 0 bridgehead atoms. The van der Waals surface area contributed by atoms with Gasteiger partial charge in [-0.3, -0.25) is 13.9 Å². The molecule has 0 spiro atoms. The highest BCUT2D eigenvalue weighted by Crippen LogP contribution is 2.31. The first-order chi connectivity index (χ1) is 21.5. The molecule has 0 aliphatic heterocycles. The summed E-state index contributed by atoms with van der Waals surface area (Å²) in [7, 11) is -4.23. The van der Waals surface area contributed by atoms with E-state index in [1.165, 1.54) is 17.0 Å². The van der Waals surface area contributed by atoms with Gasteiger partial charge in [-0.05, 0) is 67.8 Å². The number of sulfonamides is 1. The Kier molecular flexibility index (Phi) is 11.8. The highest BCUT2D eigenvalue weighted by molar-refractivity contribution is 9.10. The van der Waals surface area contributed by atoms with E-state index < -0.39 is 28.5 Å². The number of anilines is 1. The van der Waals surface area contributed by atoms with E-state index in [1.807, 2.05) is 75.4 Å². The number of nitrogens with zero attached hydrogens (tertiary/aromatic N) is 2. The van der Waals surface area contributed by atoms with Gasteiger partial charge in [0.15, 0.2) is 0 Å². The standard InChI is InChI=1S/C35H37BrClN3O4S/c1-4-26(3)38-35(42)33(22-27-10-6-5-7-11-27)39(23-28-16-18-29(36)19-17-28)34(41)24-40(32-13-9-8-12-31(32)37)45(43,44)30-20-14-25(2)15-21-30/h5-21,26,33H,4,22-24H2,1-3H3,(H,38,42)/t26-,33+/m0/s1. The summed E-state index contributed by atoms with van der Waals surface area (Å²) in [6.45, 7) is 5.25. The van der Waals surface area contributed by atoms with E-state index in [9.17, 15) is 18.0 Å². The third kappa shape index (κ3) is 8.96. The molecule has 0 radical (unpaired) electrons. The lowest BCUT2D eigenvalue weighted by Gasteiger charge is -2.34. The van der Waals surface area contributed by atoms with Crippen LogP contribution in [0.15, 0.2) is 112 Å². The molecule has 0 heterocycles. The molecule has 0 saturated heterocycles. The topological polar surface area (TPSA) is 86.8 Å². The maximum Gasteiger partial charge on any atom is 0.264 e. The van der Waals surface area contributed by atoms with Crippen molar-refractivity contribution in [3.05, 3.63) is 129 Å². The molecule has 0 fully saturated rings. The zero-order chi connectivity index (χ0) is 32.6. The van der Waals surface area contributed by atoms with Crippen molar-refractivity contribution in [2.75, 3.05) is 10.8 Å². The van der Waals surface area contributed by atoms with Gasteiger partial charge < -0.3 is 10.2 Å². The van der Waals surface area contributed by atoms with Gasteiger partial charge in [0.1, 0.15) is 12.6 Å². The Labute approximate surface area is 279 Å². The van der Waals surface area contributed by atoms with E-state index in [0.717, 1.165) is 25.5 Å². The van der Waals surface area contributed by atoms with Gasteiger partial charge in [-0.15, -0.1) is 0 Å². The summed E-state index contributed by atoms with van der Waals surface area (Å²) in [5, 5.41) is 3.22. The predicted molar refractivity (Wildman–Crippen MR) is 184 cm³/mol. The molecule has 4 rings (SSSR count). The molecule has 0 aliphatic carbocycles. The van der Waals surface area contributed by atoms with Gasteiger partial charge in [0.05, 0.1) is 15.6 Å². The van der Waals surface area contributed by atoms with Gasteiger partial charge >= 0.3 is 0 Å². The summed E-state index contributed by atoms with van der Waals surface area (Å²) >= 11 is 9.99. The van der Waals surface area contributed by atoms with Crippen molar-refractivity contribution in [2.45, 2.75) is 57.1 Å². The highest BCUT2D eigenvalue weighted by atomic mass is 79.9. The lowest BCUT2D eigenvalue weighted by molar-refractivity contribution is -0.140. The summed E-state index contributed by atoms with van der Waals surface area (Å²) in [5.41, 5.74) is 2.71. The van der Waals surface area contributed by atoms with Crippen LogP contribution in [0.3, 0.4) is 0 Å². The molecule has 10 heteroatoms. The average Bonchev–Trinajstić information content (AvgIpc) is 3.03. The van der Waals surface area contributed by atoms with Crippen LogP contribution < -0.4 is 9.62 Å². The second-order valence-corrected chi connectivity index (χ2v) is 14.1. The van der Waals surface area contributed by atoms with Crippen LogP contribution in [0, 0.1) is 6.92 Å². The lowest BCUT2D eigenvalue weighted by atomic mass is 10.0. The van der Waals surface area contributed by atoms with Crippen molar-refractivity contribution >= 4 is 55.1 Å². The number of aryl methyl sites for hydroxylation is 1. The smallest absolute Gasteiger partial charge is 0.264 e. The van der Waals surface area contributed by atoms with Crippen LogP contribution in [0.5, 0.6) is 0 Å². The molecule has 7 nitrogen and oxygen atoms in total. The Morgan fingerprint density at radius 2 is 1.49 bits per heavy atom. The van der Waals surface area contributed by atoms with Crippen LogP contribution in [0.25, 0.3) is 0 Å². The Hall–Kier alpha value is -3.66. The van der Waals surface area contributed by atoms with E-state index in [4.69, 9.17) is 11.6 Å². The van der Waals surface area contributed by atoms with Gasteiger partial charge in [0.2, 0.25) is 11.8 Å². The fourth-order valence-corrected chi connectivity index (χ4v) is 6.77. The Balaban J connectivity index is 1.81. The Morgan fingerprint density at radius 1 is 0.867 bits per heavy atom. The number of benzene rings is 4. The molecule has 0 aromatic heterocycles. The van der Waals surface area contributed by atoms with E-state index in [0.29, 0.717) is 6.42 Å². The SMILES string of the molecule is CC[C@H](C)NC(=O)[C@@H](Cc1ccccc1)N(Cc1ccc(Br)cc1)C(=O)CN(c1ccccc1Cl)S(=O)(=O)c1ccc(C)cc1. The van der Waals surface area contributed by atoms with Crippen LogP contribution in [-0.4, -0.2) is 43.8 Å². The van der Waals surface area contributed by atoms with Crippen molar-refractivity contribution in [1.82, 2.24) is 10.2 Å². The molecule has 0 saturated carbocycles. The summed E-state index contributed by atoms with van der Waals surface area (Å²) in [6.07, 6.45) is 0.946. The lowest BCUT2D eigenvalue weighted by Crippen LogP contribution is -2.54. The average molecular weight is 711 g/mol. The molecule has 45 heavy (non-hydrogen) atoms. The minimum absolute atomic E-state index is 0.0237. The highest BCUT2D eigenvalue weighted by Gasteiger charge is 2.35. The number of hydrogen-bond acceptors (Lipinski definition) is 4. The fourth-order valence-electron chi connectivity index (χ4n) is 4.79. The van der Waals surface area contributed by atoms with Gasteiger partial charge in [-0.2, -0.15) is 0 Å². The van der Waals surface area contributed by atoms with Crippen LogP contribution in [-0.2, 0) is 32.6 Å². The number of carbonyl (C=O) groups excluding carboxylic acids is 2. The summed E-state index contributed by atoms with van der Waals surface area (Å²) in [4.78, 5) is 29.9. The number of amides is 2. The zero-order valence-electron chi connectivity index (χ0n) is 25.5. The molecule has 4 aromatic carbocycles. The first-order valence-corrected chi connectivity index (χ1v) is 17.3. The Morgan fingerprint density at radius 3 is 2.11 bits per heavy atom. The number of carbonyl (C=O) groups is 2. The molecule has 2 amide bonds. The predicted octanol–water partition coefficient (Wildman–Crippen LogP) is 7.16. The van der Waals surface area contributed by atoms with Gasteiger partial charge in [-0.1, -0.05) is 107 Å². The molecule has 4 aromatic rings. The maximum atomic E-state index is 14.5. The number of nitrogens with one attached hydrogen (secondary N) is 1. The van der Waals surface area contributed by atoms with E-state index >= 15 is 0 Å². The van der Waals surface area contributed by atoms with Crippen LogP contribution in [0.4, 0.5) is 5.69 Å². The minimum atomic E-state index is -4.23. The quantitative estimate of drug-likeness (QED) is 0.160. The van der Waals surface area contributed by atoms with Crippen LogP contribution in [0.2, 0.25) is 5.02 Å². The molecule has 0 aliphatic rings. The van der Waals surface area contributed by atoms with Crippen molar-refractivity contribution in [1.29, 1.82) is 0 Å². The zero-order valence-corrected chi connectivity index (χ0v) is 28.6. The number of halogens is 2. The van der Waals surface area contributed by atoms with Crippen LogP contribution >= 0.6 is 27.5 Å². The van der Waals surface area contributed by atoms with Gasteiger partial charge in [-0.25, -0.2) is 8.42 Å². The first-order valence-electron chi connectivity index (χ1n) is 14.7. The van der Waals surface area contributed by atoms with E-state index in [2.05, 4.69) is 21.2 Å². The Bertz CT molecular complexity index is 1700. The largest absolute Gasteiger partial charge is 0.352 e. The van der Waals surface area contributed by atoms with Crippen LogP contribution in [0.1, 0.15) is 37.0 Å². The summed E-state index contributed by atoms with van der Waals surface area (Å²) in [6, 6.07) is 28.8. The number of para-hydroxylation sites is 1. The molecule has 1 N–H and O–H groups in total. The third-order valence-corrected chi connectivity index (χ3v) is 10.2. The molecule has 236 valence electrons. The second-order valence-electron chi connectivity index (χ2n) is 10.9. The van der Waals surface area contributed by atoms with Crippen molar-refractivity contribution in [3.63, 3.8) is 0 Å². The van der Waals surface area contributed by atoms with Crippen molar-refractivity contribution < 1.29 is 18.0 Å². The van der Waals surface area contributed by atoms with Crippen molar-refractivity contribution in [3.8, 4) is 0 Å². The second kappa shape index (κ2) is 15.6. The fraction of sp³-hybridized carbons (Fsp3) is 0.257. The van der Waals surface area contributed by atoms with Gasteiger partial charge in [0, 0.05) is 23.5 Å². The van der Waals surface area contributed by atoms with E-state index in [-0.39, 0.29) is 40.5 Å². The normalized spacial score (nSPS) is 12.6. The number of hydrogen-bond donors (Lipinski definition) is 1. The maximum absolute atomic E-state index is 14.5. The van der Waals surface area contributed by atoms with Gasteiger partial charge in [0.25, 0.3) is 10.0 Å². The molecular weight excluding hydrogens is 674 g/mol. The van der Waals surface area contributed by atoms with Crippen molar-refractivity contribution in [2.24, 2.45) is 0 Å². The number of rotatable bonds is 13. The summed E-state index contributed by atoms with van der Waals surface area (Å²) in [5.74, 6) is -0.863. The third-order valence-electron chi connectivity index (χ3n) is 7.55. The first kappa shape index (κ1) is 34.2. The summed E-state index contributed by atoms with van der Waals surface area (Å²) < 4.78 is 30.2. The van der Waals surface area contributed by atoms with E-state index in [1.54, 1.807) is 36.4 Å². The molecule has 0 unspecified atom stereocenters. The monoisotopic (exact) mass is 709 g/mol. The molecule has 2 atom stereocenters. The molecular formula is C35H37BrClN3O4S. The minimum Gasteiger partial charge on any atom is -0.352 e.